The summed E-state index contributed by atoms with van der Waals surface area (Å²) in [5, 5.41) is 13.2. The normalized spacial score (nSPS) is 11.3. The van der Waals surface area contributed by atoms with Gasteiger partial charge in [0.05, 0.1) is 6.21 Å². The molecule has 0 bridgehead atoms. The van der Waals surface area contributed by atoms with Crippen LogP contribution in [0.1, 0.15) is 17.0 Å². The molecule has 0 unspecified atom stereocenters. The van der Waals surface area contributed by atoms with Crippen molar-refractivity contribution in [3.63, 3.8) is 0 Å². The quantitative estimate of drug-likeness (QED) is 0.458. The average Bonchev–Trinajstić information content (AvgIpc) is 2.94. The largest absolute Gasteiger partial charge is 0.212 e. The maximum atomic E-state index is 13.7. The number of thioether (sulfide) groups is 1. The molecule has 0 spiro atoms. The molecule has 0 aliphatic rings. The van der Waals surface area contributed by atoms with Gasteiger partial charge in [0.1, 0.15) is 5.82 Å². The van der Waals surface area contributed by atoms with Crippen molar-refractivity contribution in [3.05, 3.63) is 75.8 Å². The molecular weight excluding hydrogens is 391 g/mol. The van der Waals surface area contributed by atoms with E-state index < -0.39 is 0 Å². The van der Waals surface area contributed by atoms with Crippen molar-refractivity contribution < 1.29 is 4.39 Å². The van der Waals surface area contributed by atoms with Crippen LogP contribution in [0.5, 0.6) is 0 Å². The summed E-state index contributed by atoms with van der Waals surface area (Å²) in [6.07, 6.45) is 1.48. The second kappa shape index (κ2) is 7.72. The molecule has 0 saturated carbocycles. The number of nitrogens with zero attached hydrogens (tertiary/aromatic N) is 4. The molecule has 24 heavy (non-hydrogen) atoms. The van der Waals surface area contributed by atoms with E-state index in [2.05, 4.69) is 31.2 Å². The minimum absolute atomic E-state index is 0.309. The van der Waals surface area contributed by atoms with Crippen molar-refractivity contribution in [2.45, 2.75) is 17.8 Å². The maximum absolute atomic E-state index is 13.7. The van der Waals surface area contributed by atoms with Crippen LogP contribution in [0.25, 0.3) is 0 Å². The van der Waals surface area contributed by atoms with Crippen LogP contribution in [0.3, 0.4) is 0 Å². The van der Waals surface area contributed by atoms with Gasteiger partial charge in [0.2, 0.25) is 5.16 Å². The fraction of sp³-hybridized carbons (Fsp3) is 0.118. The highest BCUT2D eigenvalue weighted by Gasteiger charge is 2.09. The summed E-state index contributed by atoms with van der Waals surface area (Å²) in [6, 6.07) is 14.6. The smallest absolute Gasteiger partial charge is 0.206 e. The van der Waals surface area contributed by atoms with Gasteiger partial charge in [-0.15, -0.1) is 10.2 Å². The first-order valence-electron chi connectivity index (χ1n) is 7.21. The Labute approximate surface area is 151 Å². The zero-order chi connectivity index (χ0) is 16.9. The third-order valence-corrected chi connectivity index (χ3v) is 4.79. The summed E-state index contributed by atoms with van der Waals surface area (Å²) in [7, 11) is 0. The molecule has 1 aromatic heterocycles. The molecule has 3 aromatic rings. The number of halogens is 2. The second-order valence-electron chi connectivity index (χ2n) is 5.02. The highest BCUT2D eigenvalue weighted by atomic mass is 79.9. The van der Waals surface area contributed by atoms with Crippen molar-refractivity contribution in [1.29, 1.82) is 0 Å². The molecule has 0 amide bonds. The molecule has 4 nitrogen and oxygen atoms in total. The summed E-state index contributed by atoms with van der Waals surface area (Å²) in [5.74, 6) is 1.10. The highest BCUT2D eigenvalue weighted by molar-refractivity contribution is 9.10. The van der Waals surface area contributed by atoms with Gasteiger partial charge in [-0.3, -0.25) is 0 Å². The third kappa shape index (κ3) is 4.10. The monoisotopic (exact) mass is 404 g/mol. The van der Waals surface area contributed by atoms with Crippen LogP contribution < -0.4 is 0 Å². The Balaban J connectivity index is 1.76. The van der Waals surface area contributed by atoms with Crippen LogP contribution in [0.2, 0.25) is 0 Å². The molecule has 0 aliphatic carbocycles. The average molecular weight is 405 g/mol. The molecule has 7 heteroatoms. The Morgan fingerprint density at radius 3 is 2.67 bits per heavy atom. The fourth-order valence-electron chi connectivity index (χ4n) is 1.99. The molecule has 2 aromatic carbocycles. The van der Waals surface area contributed by atoms with Crippen LogP contribution >= 0.6 is 27.7 Å². The number of hydrogen-bond acceptors (Lipinski definition) is 4. The molecule has 0 aliphatic heterocycles. The van der Waals surface area contributed by atoms with Crippen molar-refractivity contribution in [3.8, 4) is 0 Å². The topological polar surface area (TPSA) is 43.1 Å². The lowest BCUT2D eigenvalue weighted by Crippen LogP contribution is -1.97. The third-order valence-electron chi connectivity index (χ3n) is 3.27. The molecular formula is C17H14BrFN4S. The van der Waals surface area contributed by atoms with Crippen molar-refractivity contribution in [2.75, 3.05) is 0 Å². The predicted octanol–water partition coefficient (Wildman–Crippen LogP) is 4.66. The summed E-state index contributed by atoms with van der Waals surface area (Å²) in [4.78, 5) is 0. The minimum Gasteiger partial charge on any atom is -0.206 e. The van der Waals surface area contributed by atoms with Crippen LogP contribution in [-0.2, 0) is 5.75 Å². The fourth-order valence-corrected chi connectivity index (χ4v) is 3.14. The van der Waals surface area contributed by atoms with E-state index in [9.17, 15) is 4.39 Å². The Hall–Kier alpha value is -1.99. The molecule has 0 saturated heterocycles. The predicted molar refractivity (Wildman–Crippen MR) is 97.9 cm³/mol. The van der Waals surface area contributed by atoms with E-state index in [1.165, 1.54) is 29.6 Å². The van der Waals surface area contributed by atoms with Crippen molar-refractivity contribution in [2.24, 2.45) is 5.10 Å². The first-order valence-corrected chi connectivity index (χ1v) is 8.99. The Morgan fingerprint density at radius 1 is 1.17 bits per heavy atom. The number of aryl methyl sites for hydroxylation is 1. The van der Waals surface area contributed by atoms with E-state index in [4.69, 9.17) is 0 Å². The lowest BCUT2D eigenvalue weighted by molar-refractivity contribution is 0.625. The Bertz CT molecular complexity index is 861. The zero-order valence-corrected chi connectivity index (χ0v) is 15.3. The van der Waals surface area contributed by atoms with Gasteiger partial charge in [0.15, 0.2) is 5.82 Å². The summed E-state index contributed by atoms with van der Waals surface area (Å²) in [5.41, 5.74) is 1.60. The molecule has 0 N–H and O–H groups in total. The molecule has 0 fully saturated rings. The Kier molecular flexibility index (Phi) is 5.42. The molecule has 0 radical (unpaired) electrons. The van der Waals surface area contributed by atoms with Gasteiger partial charge >= 0.3 is 0 Å². The lowest BCUT2D eigenvalue weighted by Gasteiger charge is -2.03. The molecule has 122 valence electrons. The van der Waals surface area contributed by atoms with E-state index >= 15 is 0 Å². The zero-order valence-electron chi connectivity index (χ0n) is 12.9. The molecule has 1 heterocycles. The van der Waals surface area contributed by atoms with Gasteiger partial charge in [-0.2, -0.15) is 9.78 Å². The van der Waals surface area contributed by atoms with Crippen LogP contribution in [0, 0.1) is 12.7 Å². The van der Waals surface area contributed by atoms with Crippen LogP contribution in [-0.4, -0.2) is 21.1 Å². The van der Waals surface area contributed by atoms with Gasteiger partial charge in [0.25, 0.3) is 0 Å². The van der Waals surface area contributed by atoms with Gasteiger partial charge in [-0.1, -0.05) is 58.0 Å². The Morgan fingerprint density at radius 2 is 1.92 bits per heavy atom. The number of aromatic nitrogens is 3. The van der Waals surface area contributed by atoms with Gasteiger partial charge in [-0.25, -0.2) is 4.39 Å². The van der Waals surface area contributed by atoms with Crippen molar-refractivity contribution in [1.82, 2.24) is 14.9 Å². The molecule has 3 rings (SSSR count). The first-order chi connectivity index (χ1) is 11.6. The van der Waals surface area contributed by atoms with Crippen molar-refractivity contribution >= 4 is 33.9 Å². The van der Waals surface area contributed by atoms with E-state index in [1.54, 1.807) is 22.9 Å². The van der Waals surface area contributed by atoms with Crippen LogP contribution in [0.15, 0.2) is 63.3 Å². The van der Waals surface area contributed by atoms with Crippen LogP contribution in [0.4, 0.5) is 4.39 Å². The minimum atomic E-state index is -0.309. The summed E-state index contributed by atoms with van der Waals surface area (Å²) in [6.45, 7) is 1.81. The van der Waals surface area contributed by atoms with E-state index in [0.717, 1.165) is 10.2 Å². The highest BCUT2D eigenvalue weighted by Crippen LogP contribution is 2.22. The number of hydrogen-bond donors (Lipinski definition) is 0. The summed E-state index contributed by atoms with van der Waals surface area (Å²) >= 11 is 4.95. The van der Waals surface area contributed by atoms with Gasteiger partial charge in [-0.05, 0) is 30.7 Å². The van der Waals surface area contributed by atoms with Gasteiger partial charge in [0, 0.05) is 15.8 Å². The van der Waals surface area contributed by atoms with E-state index in [0.29, 0.717) is 16.5 Å². The van der Waals surface area contributed by atoms with E-state index in [1.807, 2.05) is 31.2 Å². The van der Waals surface area contributed by atoms with E-state index in [-0.39, 0.29) is 5.82 Å². The second-order valence-corrected chi connectivity index (χ2v) is 6.88. The first kappa shape index (κ1) is 16.9. The number of benzene rings is 2. The summed E-state index contributed by atoms with van der Waals surface area (Å²) < 4.78 is 16.3. The van der Waals surface area contributed by atoms with Gasteiger partial charge < -0.3 is 0 Å². The number of rotatable bonds is 5. The maximum Gasteiger partial charge on any atom is 0.212 e. The lowest BCUT2D eigenvalue weighted by atomic mass is 10.2. The standard InChI is InChI=1S/C17H14BrFN4S/c1-12-21-22-17(24-11-13-6-8-15(18)9-7-13)23(12)20-10-14-4-2-3-5-16(14)19/h2-10H,11H2,1H3/b20-10+. The SMILES string of the molecule is Cc1nnc(SCc2ccc(Br)cc2)n1/N=C/c1ccccc1F. The molecule has 0 atom stereocenters.